The highest BCUT2D eigenvalue weighted by atomic mass is 35.5. The van der Waals surface area contributed by atoms with Crippen molar-refractivity contribution in [2.75, 3.05) is 14.2 Å². The van der Waals surface area contributed by atoms with Crippen LogP contribution in [0, 0.1) is 5.82 Å². The molecule has 0 saturated carbocycles. The van der Waals surface area contributed by atoms with Crippen molar-refractivity contribution in [3.8, 4) is 5.88 Å². The standard InChI is InChI=1S/C16H18ClFN2O/c1-19-13(7-11-3-5-15(18)14(17)9-11)8-12-4-6-16(21-2)20-10-12/h3-6,9-10,13,19H,7-8H2,1-2H3. The number of hydrogen-bond donors (Lipinski definition) is 1. The van der Waals surface area contributed by atoms with Crippen molar-refractivity contribution >= 4 is 11.6 Å². The highest BCUT2D eigenvalue weighted by Crippen LogP contribution is 2.18. The van der Waals surface area contributed by atoms with Crippen LogP contribution in [0.3, 0.4) is 0 Å². The van der Waals surface area contributed by atoms with Gasteiger partial charge in [0.2, 0.25) is 5.88 Å². The molecule has 1 aromatic heterocycles. The molecule has 5 heteroatoms. The van der Waals surface area contributed by atoms with E-state index < -0.39 is 0 Å². The smallest absolute Gasteiger partial charge is 0.212 e. The third-order valence-corrected chi connectivity index (χ3v) is 3.65. The number of ether oxygens (including phenoxy) is 1. The first kappa shape index (κ1) is 15.7. The van der Waals surface area contributed by atoms with Crippen LogP contribution < -0.4 is 10.1 Å². The van der Waals surface area contributed by atoms with Gasteiger partial charge in [0, 0.05) is 18.3 Å². The van der Waals surface area contributed by atoms with Crippen LogP contribution in [0.4, 0.5) is 4.39 Å². The second-order valence-electron chi connectivity index (χ2n) is 4.85. The predicted octanol–water partition coefficient (Wildman–Crippen LogP) is 3.26. The van der Waals surface area contributed by atoms with Gasteiger partial charge in [-0.2, -0.15) is 0 Å². The summed E-state index contributed by atoms with van der Waals surface area (Å²) in [5, 5.41) is 3.43. The maximum Gasteiger partial charge on any atom is 0.212 e. The molecule has 0 saturated heterocycles. The Hall–Kier alpha value is -1.65. The molecule has 1 heterocycles. The zero-order valence-corrected chi connectivity index (χ0v) is 12.8. The van der Waals surface area contributed by atoms with Crippen LogP contribution in [0.25, 0.3) is 0 Å². The Kier molecular flexibility index (Phi) is 5.53. The van der Waals surface area contributed by atoms with Gasteiger partial charge in [-0.25, -0.2) is 9.37 Å². The third-order valence-electron chi connectivity index (χ3n) is 3.36. The number of methoxy groups -OCH3 is 1. The van der Waals surface area contributed by atoms with Gasteiger partial charge in [-0.15, -0.1) is 0 Å². The second kappa shape index (κ2) is 7.38. The van der Waals surface area contributed by atoms with Crippen LogP contribution in [0.5, 0.6) is 5.88 Å². The fourth-order valence-corrected chi connectivity index (χ4v) is 2.37. The van der Waals surface area contributed by atoms with E-state index in [0.717, 1.165) is 24.0 Å². The van der Waals surface area contributed by atoms with E-state index in [1.165, 1.54) is 6.07 Å². The average Bonchev–Trinajstić information content (AvgIpc) is 2.51. The maximum absolute atomic E-state index is 13.2. The number of hydrogen-bond acceptors (Lipinski definition) is 3. The Bertz CT molecular complexity index is 589. The molecule has 0 fully saturated rings. The summed E-state index contributed by atoms with van der Waals surface area (Å²) in [7, 11) is 3.50. The number of nitrogens with zero attached hydrogens (tertiary/aromatic N) is 1. The van der Waals surface area contributed by atoms with Crippen molar-refractivity contribution < 1.29 is 9.13 Å². The average molecular weight is 309 g/mol. The molecule has 112 valence electrons. The van der Waals surface area contributed by atoms with Crippen LogP contribution in [0.1, 0.15) is 11.1 Å². The lowest BCUT2D eigenvalue weighted by Gasteiger charge is -2.16. The number of benzene rings is 1. The summed E-state index contributed by atoms with van der Waals surface area (Å²) in [5.74, 6) is 0.214. The summed E-state index contributed by atoms with van der Waals surface area (Å²) in [6.45, 7) is 0. The van der Waals surface area contributed by atoms with Crippen molar-refractivity contribution in [2.45, 2.75) is 18.9 Å². The van der Waals surface area contributed by atoms with Gasteiger partial charge in [0.1, 0.15) is 5.82 Å². The van der Waals surface area contributed by atoms with E-state index in [1.54, 1.807) is 25.4 Å². The molecule has 0 amide bonds. The molecular formula is C16H18ClFN2O. The van der Waals surface area contributed by atoms with E-state index in [9.17, 15) is 4.39 Å². The van der Waals surface area contributed by atoms with Gasteiger partial charge in [-0.1, -0.05) is 23.7 Å². The maximum atomic E-state index is 13.2. The van der Waals surface area contributed by atoms with Crippen molar-refractivity contribution in [1.29, 1.82) is 0 Å². The van der Waals surface area contributed by atoms with Crippen molar-refractivity contribution in [3.05, 3.63) is 58.5 Å². The Morgan fingerprint density at radius 2 is 1.95 bits per heavy atom. The van der Waals surface area contributed by atoms with Gasteiger partial charge in [0.05, 0.1) is 12.1 Å². The molecule has 0 aliphatic heterocycles. The summed E-state index contributed by atoms with van der Waals surface area (Å²) in [4.78, 5) is 4.20. The quantitative estimate of drug-likeness (QED) is 0.889. The van der Waals surface area contributed by atoms with E-state index >= 15 is 0 Å². The van der Waals surface area contributed by atoms with Crippen LogP contribution in [0.15, 0.2) is 36.5 Å². The number of halogens is 2. The van der Waals surface area contributed by atoms with Gasteiger partial charge in [-0.3, -0.25) is 0 Å². The summed E-state index contributed by atoms with van der Waals surface area (Å²) >= 11 is 5.81. The van der Waals surface area contributed by atoms with Crippen LogP contribution in [-0.2, 0) is 12.8 Å². The lowest BCUT2D eigenvalue weighted by Crippen LogP contribution is -2.30. The molecule has 0 radical (unpaired) electrons. The molecule has 0 spiro atoms. The molecule has 1 unspecified atom stereocenters. The molecule has 3 nitrogen and oxygen atoms in total. The highest BCUT2D eigenvalue weighted by molar-refractivity contribution is 6.30. The molecule has 0 bridgehead atoms. The molecule has 1 N–H and O–H groups in total. The van der Waals surface area contributed by atoms with E-state index in [0.29, 0.717) is 5.88 Å². The van der Waals surface area contributed by atoms with Crippen LogP contribution >= 0.6 is 11.6 Å². The molecule has 1 aromatic carbocycles. The number of aromatic nitrogens is 1. The number of nitrogens with one attached hydrogen (secondary N) is 1. The Balaban J connectivity index is 2.03. The molecular weight excluding hydrogens is 291 g/mol. The Labute approximate surface area is 129 Å². The molecule has 21 heavy (non-hydrogen) atoms. The Morgan fingerprint density at radius 3 is 2.52 bits per heavy atom. The minimum atomic E-state index is -0.388. The minimum absolute atomic E-state index is 0.161. The monoisotopic (exact) mass is 308 g/mol. The molecule has 0 aliphatic rings. The van der Waals surface area contributed by atoms with Crippen molar-refractivity contribution in [3.63, 3.8) is 0 Å². The predicted molar refractivity (Wildman–Crippen MR) is 82.5 cm³/mol. The van der Waals surface area contributed by atoms with E-state index in [2.05, 4.69) is 10.3 Å². The van der Waals surface area contributed by atoms with E-state index in [-0.39, 0.29) is 16.9 Å². The van der Waals surface area contributed by atoms with Crippen LogP contribution in [0.2, 0.25) is 5.02 Å². The van der Waals surface area contributed by atoms with Gasteiger partial charge < -0.3 is 10.1 Å². The summed E-state index contributed by atoms with van der Waals surface area (Å²) in [6.07, 6.45) is 3.39. The fraction of sp³-hybridized carbons (Fsp3) is 0.312. The van der Waals surface area contributed by atoms with Crippen molar-refractivity contribution in [2.24, 2.45) is 0 Å². The lowest BCUT2D eigenvalue weighted by atomic mass is 10.00. The molecule has 1 atom stereocenters. The summed E-state index contributed by atoms with van der Waals surface area (Å²) in [5.41, 5.74) is 2.12. The largest absolute Gasteiger partial charge is 0.481 e. The normalized spacial score (nSPS) is 12.2. The topological polar surface area (TPSA) is 34.1 Å². The van der Waals surface area contributed by atoms with E-state index in [1.807, 2.05) is 19.2 Å². The molecule has 2 aromatic rings. The fourth-order valence-electron chi connectivity index (χ4n) is 2.16. The Morgan fingerprint density at radius 1 is 1.24 bits per heavy atom. The van der Waals surface area contributed by atoms with Gasteiger partial charge in [0.15, 0.2) is 0 Å². The zero-order valence-electron chi connectivity index (χ0n) is 12.1. The van der Waals surface area contributed by atoms with E-state index in [4.69, 9.17) is 16.3 Å². The van der Waals surface area contributed by atoms with Gasteiger partial charge >= 0.3 is 0 Å². The van der Waals surface area contributed by atoms with Gasteiger partial charge in [-0.05, 0) is 43.1 Å². The summed E-state index contributed by atoms with van der Waals surface area (Å²) in [6, 6.07) is 8.90. The van der Waals surface area contributed by atoms with Crippen LogP contribution in [-0.4, -0.2) is 25.2 Å². The minimum Gasteiger partial charge on any atom is -0.481 e. The lowest BCUT2D eigenvalue weighted by molar-refractivity contribution is 0.397. The third kappa shape index (κ3) is 4.41. The number of rotatable bonds is 6. The van der Waals surface area contributed by atoms with Gasteiger partial charge in [0.25, 0.3) is 0 Å². The first-order valence-corrected chi connectivity index (χ1v) is 7.10. The molecule has 0 aliphatic carbocycles. The first-order valence-electron chi connectivity index (χ1n) is 6.72. The number of likely N-dealkylation sites (N-methyl/N-ethyl adjacent to an activating group) is 1. The zero-order chi connectivity index (χ0) is 15.2. The highest BCUT2D eigenvalue weighted by Gasteiger charge is 2.10. The molecule has 2 rings (SSSR count). The SMILES string of the molecule is CNC(Cc1ccc(OC)nc1)Cc1ccc(F)c(Cl)c1. The van der Waals surface area contributed by atoms with Crippen molar-refractivity contribution in [1.82, 2.24) is 10.3 Å². The summed E-state index contributed by atoms with van der Waals surface area (Å²) < 4.78 is 18.2. The second-order valence-corrected chi connectivity index (χ2v) is 5.26. The first-order chi connectivity index (χ1) is 10.1. The number of pyridine rings is 1.